The lowest BCUT2D eigenvalue weighted by molar-refractivity contribution is 0.290. The predicted molar refractivity (Wildman–Crippen MR) is 74.4 cm³/mol. The van der Waals surface area contributed by atoms with E-state index in [1.54, 1.807) is 0 Å². The van der Waals surface area contributed by atoms with Gasteiger partial charge in [0.15, 0.2) is 17.4 Å². The Balaban J connectivity index is 2.08. The van der Waals surface area contributed by atoms with Crippen LogP contribution in [0.4, 0.5) is 4.39 Å². The number of benzene rings is 2. The van der Waals surface area contributed by atoms with E-state index in [-0.39, 0.29) is 18.2 Å². The molecule has 0 bridgehead atoms. The maximum atomic E-state index is 13.8. The fourth-order valence-corrected chi connectivity index (χ4v) is 1.68. The van der Waals surface area contributed by atoms with Gasteiger partial charge in [-0.05, 0) is 30.7 Å². The second kappa shape index (κ2) is 6.06. The first-order valence-electron chi connectivity index (χ1n) is 6.06. The van der Waals surface area contributed by atoms with E-state index in [2.05, 4.69) is 5.16 Å². The normalized spacial score (nSPS) is 11.4. The summed E-state index contributed by atoms with van der Waals surface area (Å²) in [6.07, 6.45) is 0. The molecule has 0 unspecified atom stereocenters. The van der Waals surface area contributed by atoms with Crippen molar-refractivity contribution in [2.24, 2.45) is 10.9 Å². The summed E-state index contributed by atoms with van der Waals surface area (Å²) in [4.78, 5) is 0. The number of ether oxygens (including phenoxy) is 1. The SMILES string of the molecule is Cc1ccc(COc2ccc(/C(N)=N/O)cc2F)cc1. The number of halogens is 1. The average molecular weight is 274 g/mol. The summed E-state index contributed by atoms with van der Waals surface area (Å²) >= 11 is 0. The molecule has 2 aromatic carbocycles. The minimum atomic E-state index is -0.554. The van der Waals surface area contributed by atoms with Crippen molar-refractivity contribution in [3.05, 3.63) is 65.0 Å². The van der Waals surface area contributed by atoms with Gasteiger partial charge in [0, 0.05) is 5.56 Å². The molecule has 0 amide bonds. The first-order chi connectivity index (χ1) is 9.60. The monoisotopic (exact) mass is 274 g/mol. The maximum absolute atomic E-state index is 13.8. The summed E-state index contributed by atoms with van der Waals surface area (Å²) in [7, 11) is 0. The van der Waals surface area contributed by atoms with E-state index in [0.717, 1.165) is 11.1 Å². The second-order valence-electron chi connectivity index (χ2n) is 4.40. The molecule has 0 aliphatic heterocycles. The molecular formula is C15H15FN2O2. The zero-order valence-electron chi connectivity index (χ0n) is 11.0. The molecule has 3 N–H and O–H groups in total. The molecule has 0 heterocycles. The maximum Gasteiger partial charge on any atom is 0.170 e. The number of nitrogens with zero attached hydrogens (tertiary/aromatic N) is 1. The van der Waals surface area contributed by atoms with E-state index >= 15 is 0 Å². The van der Waals surface area contributed by atoms with Crippen molar-refractivity contribution in [3.8, 4) is 5.75 Å². The molecule has 0 aliphatic carbocycles. The van der Waals surface area contributed by atoms with Crippen LogP contribution in [0.25, 0.3) is 0 Å². The van der Waals surface area contributed by atoms with Gasteiger partial charge in [0.1, 0.15) is 6.61 Å². The topological polar surface area (TPSA) is 67.8 Å². The molecule has 0 fully saturated rings. The van der Waals surface area contributed by atoms with Gasteiger partial charge in [-0.2, -0.15) is 0 Å². The molecule has 0 spiro atoms. The molecular weight excluding hydrogens is 259 g/mol. The fourth-order valence-electron chi connectivity index (χ4n) is 1.68. The number of rotatable bonds is 4. The number of nitrogens with two attached hydrogens (primary N) is 1. The molecule has 0 saturated heterocycles. The molecule has 2 aromatic rings. The molecule has 0 radical (unpaired) electrons. The van der Waals surface area contributed by atoms with E-state index in [0.29, 0.717) is 5.56 Å². The Morgan fingerprint density at radius 2 is 1.95 bits per heavy atom. The highest BCUT2D eigenvalue weighted by atomic mass is 19.1. The van der Waals surface area contributed by atoms with Gasteiger partial charge in [-0.25, -0.2) is 4.39 Å². The van der Waals surface area contributed by atoms with Gasteiger partial charge in [0.25, 0.3) is 0 Å². The summed E-state index contributed by atoms with van der Waals surface area (Å²) in [5, 5.41) is 11.4. The van der Waals surface area contributed by atoms with Crippen LogP contribution in [0.1, 0.15) is 16.7 Å². The number of hydrogen-bond acceptors (Lipinski definition) is 3. The molecule has 0 aliphatic rings. The van der Waals surface area contributed by atoms with E-state index in [4.69, 9.17) is 15.7 Å². The average Bonchev–Trinajstić information content (AvgIpc) is 2.46. The zero-order valence-corrected chi connectivity index (χ0v) is 11.0. The van der Waals surface area contributed by atoms with Crippen LogP contribution in [0.5, 0.6) is 5.75 Å². The van der Waals surface area contributed by atoms with E-state index in [9.17, 15) is 4.39 Å². The second-order valence-corrected chi connectivity index (χ2v) is 4.40. The fraction of sp³-hybridized carbons (Fsp3) is 0.133. The first-order valence-corrected chi connectivity index (χ1v) is 6.06. The Morgan fingerprint density at radius 1 is 1.25 bits per heavy atom. The van der Waals surface area contributed by atoms with E-state index in [1.165, 1.54) is 18.2 Å². The first kappa shape index (κ1) is 13.9. The Kier molecular flexibility index (Phi) is 4.20. The summed E-state index contributed by atoms with van der Waals surface area (Å²) in [6, 6.07) is 11.9. The van der Waals surface area contributed by atoms with Crippen LogP contribution < -0.4 is 10.5 Å². The van der Waals surface area contributed by atoms with Crippen LogP contribution in [0.15, 0.2) is 47.6 Å². The molecule has 0 saturated carbocycles. The third kappa shape index (κ3) is 3.26. The van der Waals surface area contributed by atoms with Gasteiger partial charge in [0.05, 0.1) is 0 Å². The molecule has 0 aromatic heterocycles. The minimum Gasteiger partial charge on any atom is -0.486 e. The Hall–Kier alpha value is -2.56. The highest BCUT2D eigenvalue weighted by Crippen LogP contribution is 2.19. The Bertz CT molecular complexity index is 624. The quantitative estimate of drug-likeness (QED) is 0.390. The summed E-state index contributed by atoms with van der Waals surface area (Å²) in [6.45, 7) is 2.27. The number of aryl methyl sites for hydroxylation is 1. The molecule has 4 nitrogen and oxygen atoms in total. The Morgan fingerprint density at radius 3 is 2.55 bits per heavy atom. The summed E-state index contributed by atoms with van der Waals surface area (Å²) < 4.78 is 19.2. The summed E-state index contributed by atoms with van der Waals surface area (Å²) in [5.41, 5.74) is 7.79. The lowest BCUT2D eigenvalue weighted by Crippen LogP contribution is -2.13. The molecule has 2 rings (SSSR count). The largest absolute Gasteiger partial charge is 0.486 e. The van der Waals surface area contributed by atoms with Gasteiger partial charge < -0.3 is 15.7 Å². The zero-order chi connectivity index (χ0) is 14.5. The summed E-state index contributed by atoms with van der Waals surface area (Å²) in [5.74, 6) is -0.574. The van der Waals surface area contributed by atoms with Crippen LogP contribution in [-0.4, -0.2) is 11.0 Å². The number of amidine groups is 1. The third-order valence-electron chi connectivity index (χ3n) is 2.85. The highest BCUT2D eigenvalue weighted by Gasteiger charge is 2.07. The lowest BCUT2D eigenvalue weighted by Gasteiger charge is -2.08. The molecule has 20 heavy (non-hydrogen) atoms. The smallest absolute Gasteiger partial charge is 0.170 e. The third-order valence-corrected chi connectivity index (χ3v) is 2.85. The minimum absolute atomic E-state index is 0.125. The van der Waals surface area contributed by atoms with Crippen molar-refractivity contribution in [3.63, 3.8) is 0 Å². The highest BCUT2D eigenvalue weighted by molar-refractivity contribution is 5.97. The van der Waals surface area contributed by atoms with Gasteiger partial charge >= 0.3 is 0 Å². The van der Waals surface area contributed by atoms with Crippen LogP contribution in [0.2, 0.25) is 0 Å². The number of hydrogen-bond donors (Lipinski definition) is 2. The van der Waals surface area contributed by atoms with Gasteiger partial charge in [-0.1, -0.05) is 35.0 Å². The molecule has 0 atom stereocenters. The van der Waals surface area contributed by atoms with Crippen molar-refractivity contribution in [1.82, 2.24) is 0 Å². The van der Waals surface area contributed by atoms with Crippen molar-refractivity contribution in [2.45, 2.75) is 13.5 Å². The molecule has 5 heteroatoms. The van der Waals surface area contributed by atoms with Crippen molar-refractivity contribution < 1.29 is 14.3 Å². The van der Waals surface area contributed by atoms with Crippen LogP contribution in [0.3, 0.4) is 0 Å². The van der Waals surface area contributed by atoms with E-state index < -0.39 is 5.82 Å². The van der Waals surface area contributed by atoms with Crippen LogP contribution in [-0.2, 0) is 6.61 Å². The van der Waals surface area contributed by atoms with Crippen molar-refractivity contribution >= 4 is 5.84 Å². The van der Waals surface area contributed by atoms with Crippen LogP contribution >= 0.6 is 0 Å². The van der Waals surface area contributed by atoms with Gasteiger partial charge in [0.2, 0.25) is 0 Å². The predicted octanol–water partition coefficient (Wildman–Crippen LogP) is 2.81. The van der Waals surface area contributed by atoms with E-state index in [1.807, 2.05) is 31.2 Å². The Labute approximate surface area is 116 Å². The van der Waals surface area contributed by atoms with Crippen molar-refractivity contribution in [1.29, 1.82) is 0 Å². The molecule has 104 valence electrons. The standard InChI is InChI=1S/C15H15FN2O2/c1-10-2-4-11(5-3-10)9-20-14-7-6-12(8-13(14)16)15(17)18-19/h2-8,19H,9H2,1H3,(H2,17,18). The van der Waals surface area contributed by atoms with Gasteiger partial charge in [-0.3, -0.25) is 0 Å². The van der Waals surface area contributed by atoms with Crippen molar-refractivity contribution in [2.75, 3.05) is 0 Å². The van der Waals surface area contributed by atoms with Gasteiger partial charge in [-0.15, -0.1) is 0 Å². The lowest BCUT2D eigenvalue weighted by atomic mass is 10.1. The number of oxime groups is 1. The van der Waals surface area contributed by atoms with Crippen LogP contribution in [0, 0.1) is 12.7 Å².